The number of carboxylic acids is 1. The van der Waals surface area contributed by atoms with Gasteiger partial charge in [0.2, 0.25) is 0 Å². The van der Waals surface area contributed by atoms with Gasteiger partial charge in [0, 0.05) is 19.2 Å². The quantitative estimate of drug-likeness (QED) is 0.903. The fraction of sp³-hybridized carbons (Fsp3) is 0.133. The van der Waals surface area contributed by atoms with Crippen molar-refractivity contribution in [3.8, 4) is 0 Å². The minimum Gasteiger partial charge on any atom is -0.478 e. The number of aromatic carboxylic acids is 1. The van der Waals surface area contributed by atoms with Crippen LogP contribution in [0.4, 0.5) is 0 Å². The number of fused-ring (bicyclic) bond motifs is 1. The molecule has 6 heteroatoms. The molecule has 106 valence electrons. The molecule has 0 spiro atoms. The molecule has 1 N–H and O–H groups in total. The maximum Gasteiger partial charge on any atom is 0.335 e. The normalized spacial score (nSPS) is 13.0. The average molecular weight is 285 g/mol. The van der Waals surface area contributed by atoms with Gasteiger partial charge >= 0.3 is 11.6 Å². The van der Waals surface area contributed by atoms with E-state index in [1.165, 1.54) is 18.2 Å². The van der Waals surface area contributed by atoms with Gasteiger partial charge in [-0.1, -0.05) is 6.07 Å². The summed E-state index contributed by atoms with van der Waals surface area (Å²) in [6.45, 7) is 0.752. The van der Waals surface area contributed by atoms with E-state index in [-0.39, 0.29) is 11.5 Å². The first kappa shape index (κ1) is 13.1. The maximum absolute atomic E-state index is 12.3. The molecule has 0 atom stereocenters. The van der Waals surface area contributed by atoms with Gasteiger partial charge in [0.05, 0.1) is 11.1 Å². The van der Waals surface area contributed by atoms with Crippen molar-refractivity contribution >= 4 is 11.9 Å². The predicted octanol–water partition coefficient (Wildman–Crippen LogP) is 1.49. The molecule has 0 bridgehead atoms. The Morgan fingerprint density at radius 1 is 1.05 bits per heavy atom. The molecule has 1 aliphatic heterocycles. The van der Waals surface area contributed by atoms with Gasteiger partial charge in [0.25, 0.3) is 5.91 Å². The van der Waals surface area contributed by atoms with Gasteiger partial charge in [0.1, 0.15) is 6.26 Å². The van der Waals surface area contributed by atoms with E-state index < -0.39 is 11.6 Å². The average Bonchev–Trinajstić information content (AvgIpc) is 2.90. The van der Waals surface area contributed by atoms with Crippen LogP contribution < -0.4 is 5.63 Å². The number of amides is 1. The fourth-order valence-electron chi connectivity index (χ4n) is 2.33. The topological polar surface area (TPSA) is 87.8 Å². The lowest BCUT2D eigenvalue weighted by molar-refractivity contribution is 0.0696. The van der Waals surface area contributed by atoms with E-state index in [0.717, 1.165) is 17.4 Å². The van der Waals surface area contributed by atoms with Crippen LogP contribution in [-0.2, 0) is 13.1 Å². The Morgan fingerprint density at radius 2 is 1.76 bits per heavy atom. The second-order valence-electron chi connectivity index (χ2n) is 4.79. The Balaban J connectivity index is 1.84. The monoisotopic (exact) mass is 285 g/mol. The zero-order valence-corrected chi connectivity index (χ0v) is 10.9. The van der Waals surface area contributed by atoms with Crippen molar-refractivity contribution < 1.29 is 19.1 Å². The summed E-state index contributed by atoms with van der Waals surface area (Å²) in [7, 11) is 0. The summed E-state index contributed by atoms with van der Waals surface area (Å²) in [5.41, 5.74) is 1.73. The van der Waals surface area contributed by atoms with Crippen molar-refractivity contribution in [2.75, 3.05) is 0 Å². The zero-order chi connectivity index (χ0) is 15.0. The number of carbonyl (C=O) groups is 2. The molecule has 6 nitrogen and oxygen atoms in total. The van der Waals surface area contributed by atoms with Gasteiger partial charge in [-0.05, 0) is 29.3 Å². The van der Waals surface area contributed by atoms with Crippen molar-refractivity contribution in [2.45, 2.75) is 13.1 Å². The number of nitrogens with zero attached hydrogens (tertiary/aromatic N) is 1. The van der Waals surface area contributed by atoms with Crippen LogP contribution in [0.25, 0.3) is 0 Å². The SMILES string of the molecule is O=C(O)c1ccc2c(c1)CN(C(=O)c1ccc(=O)oc1)C2. The molecule has 0 aliphatic carbocycles. The van der Waals surface area contributed by atoms with Gasteiger partial charge in [0.15, 0.2) is 0 Å². The van der Waals surface area contributed by atoms with E-state index in [1.54, 1.807) is 17.0 Å². The highest BCUT2D eigenvalue weighted by Crippen LogP contribution is 2.25. The Bertz CT molecular complexity index is 772. The molecule has 1 aromatic heterocycles. The number of benzene rings is 1. The molecule has 0 radical (unpaired) electrons. The molecule has 0 fully saturated rings. The first-order valence-corrected chi connectivity index (χ1v) is 6.28. The lowest BCUT2D eigenvalue weighted by Gasteiger charge is -2.14. The number of carbonyl (C=O) groups excluding carboxylic acids is 1. The van der Waals surface area contributed by atoms with Crippen LogP contribution in [-0.4, -0.2) is 21.9 Å². The van der Waals surface area contributed by atoms with Crippen LogP contribution in [0.2, 0.25) is 0 Å². The fourth-order valence-corrected chi connectivity index (χ4v) is 2.33. The predicted molar refractivity (Wildman–Crippen MR) is 72.0 cm³/mol. The summed E-state index contributed by atoms with van der Waals surface area (Å²) in [6.07, 6.45) is 1.14. The van der Waals surface area contributed by atoms with E-state index in [0.29, 0.717) is 18.7 Å². The molecule has 0 saturated carbocycles. The molecule has 2 aromatic rings. The van der Waals surface area contributed by atoms with Crippen LogP contribution in [0.3, 0.4) is 0 Å². The minimum atomic E-state index is -0.993. The van der Waals surface area contributed by atoms with Crippen LogP contribution in [0.15, 0.2) is 45.8 Å². The zero-order valence-electron chi connectivity index (χ0n) is 10.9. The smallest absolute Gasteiger partial charge is 0.335 e. The summed E-state index contributed by atoms with van der Waals surface area (Å²) < 4.78 is 4.69. The summed E-state index contributed by atoms with van der Waals surface area (Å²) >= 11 is 0. The minimum absolute atomic E-state index is 0.203. The van der Waals surface area contributed by atoms with Crippen molar-refractivity contribution in [2.24, 2.45) is 0 Å². The molecule has 1 amide bonds. The Hall–Kier alpha value is -2.89. The third-order valence-electron chi connectivity index (χ3n) is 3.41. The molecule has 1 aliphatic rings. The number of hydrogen-bond donors (Lipinski definition) is 1. The van der Waals surface area contributed by atoms with Crippen molar-refractivity contribution in [1.29, 1.82) is 0 Å². The van der Waals surface area contributed by atoms with Crippen LogP contribution >= 0.6 is 0 Å². The van der Waals surface area contributed by atoms with Gasteiger partial charge in [-0.25, -0.2) is 9.59 Å². The van der Waals surface area contributed by atoms with Crippen molar-refractivity contribution in [3.05, 3.63) is 69.3 Å². The van der Waals surface area contributed by atoms with E-state index in [9.17, 15) is 14.4 Å². The van der Waals surface area contributed by atoms with E-state index in [1.807, 2.05) is 0 Å². The largest absolute Gasteiger partial charge is 0.478 e. The Kier molecular flexibility index (Phi) is 3.06. The summed E-state index contributed by atoms with van der Waals surface area (Å²) in [5.74, 6) is -1.25. The molecule has 1 aromatic carbocycles. The van der Waals surface area contributed by atoms with Crippen LogP contribution in [0.5, 0.6) is 0 Å². The second-order valence-corrected chi connectivity index (χ2v) is 4.79. The summed E-state index contributed by atoms with van der Waals surface area (Å²) in [5, 5.41) is 8.97. The van der Waals surface area contributed by atoms with E-state index >= 15 is 0 Å². The first-order valence-electron chi connectivity index (χ1n) is 6.28. The number of carboxylic acid groups (broad SMARTS) is 1. The molecule has 0 unspecified atom stereocenters. The molecule has 2 heterocycles. The third kappa shape index (κ3) is 2.43. The molecule has 3 rings (SSSR count). The highest BCUT2D eigenvalue weighted by Gasteiger charge is 2.25. The molecule has 21 heavy (non-hydrogen) atoms. The summed E-state index contributed by atoms with van der Waals surface area (Å²) in [4.78, 5) is 35.7. The number of rotatable bonds is 2. The lowest BCUT2D eigenvalue weighted by atomic mass is 10.1. The van der Waals surface area contributed by atoms with Crippen LogP contribution in [0.1, 0.15) is 31.8 Å². The van der Waals surface area contributed by atoms with Crippen LogP contribution in [0, 0.1) is 0 Å². The first-order chi connectivity index (χ1) is 10.0. The molecular formula is C15H11NO5. The van der Waals surface area contributed by atoms with Gasteiger partial charge in [-0.3, -0.25) is 4.79 Å². The number of hydrogen-bond acceptors (Lipinski definition) is 4. The van der Waals surface area contributed by atoms with E-state index in [2.05, 4.69) is 4.42 Å². The van der Waals surface area contributed by atoms with Gasteiger partial charge < -0.3 is 14.4 Å². The highest BCUT2D eigenvalue weighted by molar-refractivity contribution is 5.94. The second kappa shape index (κ2) is 4.90. The van der Waals surface area contributed by atoms with E-state index in [4.69, 9.17) is 5.11 Å². The Labute approximate surface area is 119 Å². The maximum atomic E-state index is 12.3. The van der Waals surface area contributed by atoms with Gasteiger partial charge in [-0.2, -0.15) is 0 Å². The third-order valence-corrected chi connectivity index (χ3v) is 3.41. The van der Waals surface area contributed by atoms with Crippen molar-refractivity contribution in [1.82, 2.24) is 4.90 Å². The van der Waals surface area contributed by atoms with Crippen molar-refractivity contribution in [3.63, 3.8) is 0 Å². The molecule has 0 saturated heterocycles. The molecular weight excluding hydrogens is 274 g/mol. The standard InChI is InChI=1S/C15H11NO5/c17-13-4-3-11(8-21-13)14(18)16-6-10-2-1-9(15(19)20)5-12(10)7-16/h1-5,8H,6-7H2,(H,19,20). The van der Waals surface area contributed by atoms with Gasteiger partial charge in [-0.15, -0.1) is 0 Å². The lowest BCUT2D eigenvalue weighted by Crippen LogP contribution is -2.25. The summed E-state index contributed by atoms with van der Waals surface area (Å²) in [6, 6.07) is 7.43. The Morgan fingerprint density at radius 3 is 2.43 bits per heavy atom. The highest BCUT2D eigenvalue weighted by atomic mass is 16.4.